The van der Waals surface area contributed by atoms with E-state index in [0.29, 0.717) is 91.5 Å². The van der Waals surface area contributed by atoms with Crippen molar-refractivity contribution in [2.75, 3.05) is 0 Å². The van der Waals surface area contributed by atoms with Crippen LogP contribution < -0.4 is 51.1 Å². The van der Waals surface area contributed by atoms with Crippen molar-refractivity contribution in [3.63, 3.8) is 0 Å². The summed E-state index contributed by atoms with van der Waals surface area (Å²) >= 11 is 0. The van der Waals surface area contributed by atoms with E-state index >= 15 is 0 Å². The molecule has 0 spiro atoms. The molecular formula is C74H42Fe2N14O10-2. The molecule has 10 heterocycles. The van der Waals surface area contributed by atoms with Crippen LogP contribution in [0.25, 0.3) is 22.8 Å². The molecule has 0 unspecified atom stereocenters. The molecule has 16 rings (SSSR count). The number of hydrogen-bond acceptors (Lipinski definition) is 10. The Hall–Kier alpha value is -13.4. The van der Waals surface area contributed by atoms with Crippen molar-refractivity contribution < 1.29 is 53.8 Å². The van der Waals surface area contributed by atoms with Gasteiger partial charge in [-0.1, -0.05) is 0 Å². The van der Waals surface area contributed by atoms with Crippen molar-refractivity contribution in [1.82, 2.24) is 51.1 Å². The largest absolute Gasteiger partial charge is 0.638 e. The number of nitrogens with zero attached hydrogens (tertiary/aromatic N) is 14. The first-order chi connectivity index (χ1) is 47.9. The van der Waals surface area contributed by atoms with Gasteiger partial charge < -0.3 is 39.9 Å². The van der Waals surface area contributed by atoms with Gasteiger partial charge in [0, 0.05) is 238 Å². The number of nitro groups is 4. The Bertz CT molecular complexity index is 4560. The summed E-state index contributed by atoms with van der Waals surface area (Å²) < 4.78 is 0. The van der Waals surface area contributed by atoms with Crippen molar-refractivity contribution in [2.24, 2.45) is 0 Å². The minimum Gasteiger partial charge on any atom is -0.638 e. The number of fused-ring (bicyclic) bond motifs is 18. The molecular weight excluding hydrogens is 1360 g/mol. The molecule has 6 aromatic carbocycles. The van der Waals surface area contributed by atoms with Crippen LogP contribution in [0.5, 0.6) is 0 Å². The van der Waals surface area contributed by atoms with Crippen LogP contribution in [0.4, 0.5) is 22.7 Å². The molecule has 2 aliphatic heterocycles. The normalized spacial score (nSPS) is 11.8. The van der Waals surface area contributed by atoms with Crippen molar-refractivity contribution >= 4 is 22.7 Å². The molecule has 0 fully saturated rings. The molecule has 24 nitrogen and oxygen atoms in total. The van der Waals surface area contributed by atoms with Gasteiger partial charge in [0.1, 0.15) is 11.2 Å². The maximum absolute atomic E-state index is 12.5. The fraction of sp³-hybridized carbons (Fsp3) is 0. The monoisotopic (exact) mass is 1400 g/mol. The summed E-state index contributed by atoms with van der Waals surface area (Å²) in [6.45, 7) is 0. The van der Waals surface area contributed by atoms with Gasteiger partial charge in [-0.25, -0.2) is 0 Å². The van der Waals surface area contributed by atoms with E-state index in [1.165, 1.54) is 24.3 Å². The zero-order valence-corrected chi connectivity index (χ0v) is 53.5. The Morgan fingerprint density at radius 1 is 0.230 bits per heavy atom. The molecule has 8 aromatic heterocycles. The average molecular weight is 1400 g/mol. The molecule has 16 bridgehead atoms. The Morgan fingerprint density at radius 3 is 0.540 bits per heavy atom. The smallest absolute Gasteiger partial charge is 0.307 e. The number of hydrogen-bond donors (Lipinski definition) is 0. The third-order valence-corrected chi connectivity index (χ3v) is 16.2. The van der Waals surface area contributed by atoms with Crippen LogP contribution in [0.1, 0.15) is 102 Å². The summed E-state index contributed by atoms with van der Waals surface area (Å²) in [6, 6.07) is 76.2. The van der Waals surface area contributed by atoms with Crippen LogP contribution in [0, 0.1) is 85.8 Å². The Morgan fingerprint density at radius 2 is 0.380 bits per heavy atom. The van der Waals surface area contributed by atoms with E-state index in [2.05, 4.69) is 0 Å². The Labute approximate surface area is 589 Å². The van der Waals surface area contributed by atoms with E-state index in [9.17, 15) is 40.5 Å². The third kappa shape index (κ3) is 12.8. The Kier molecular flexibility index (Phi) is 19.9. The van der Waals surface area contributed by atoms with Crippen LogP contribution >= 0.6 is 0 Å². The van der Waals surface area contributed by atoms with E-state index in [1.807, 2.05) is 231 Å². The van der Waals surface area contributed by atoms with Gasteiger partial charge in [0.15, 0.2) is 0 Å². The first-order valence-electron chi connectivity index (χ1n) is 29.7. The van der Waals surface area contributed by atoms with Gasteiger partial charge in [0.05, 0.1) is 53.1 Å². The number of aromatic nitrogens is 8. The summed E-state index contributed by atoms with van der Waals surface area (Å²) in [5.74, 6) is 3.26. The van der Waals surface area contributed by atoms with Crippen LogP contribution in [-0.2, 0) is 34.1 Å². The predicted octanol–water partition coefficient (Wildman–Crippen LogP) is 11.8. The second-order valence-corrected chi connectivity index (χ2v) is 21.8. The van der Waals surface area contributed by atoms with Gasteiger partial charge in [-0.15, -0.1) is 32.6 Å². The Balaban J connectivity index is 0.000000189. The van der Waals surface area contributed by atoms with Gasteiger partial charge in [-0.3, -0.25) is 40.5 Å². The summed E-state index contributed by atoms with van der Waals surface area (Å²) in [7, 11) is 0. The van der Waals surface area contributed by atoms with Crippen molar-refractivity contribution in [3.8, 4) is 22.8 Å². The van der Waals surface area contributed by atoms with E-state index in [1.54, 1.807) is 0 Å². The molecule has 2 aliphatic rings. The summed E-state index contributed by atoms with van der Waals surface area (Å²) in [4.78, 5) is 102. The average Bonchev–Trinajstić information content (AvgIpc) is 1.60. The van der Waals surface area contributed by atoms with E-state index in [0.717, 1.165) is 23.0 Å². The molecule has 0 saturated heterocycles. The standard InChI is InChI=1S/2C37H21N6O4.2Fe.2NO/c2*44-42(45)31-20-29-30-21-32(43(46)47)37(41-30)35(24-14-8-3-9-15-24)28-19-17-26(39-28)33(22-10-4-1-5-11-22)25-16-18-27(38-25)34(36(31)40-29)23-12-6-2-7-13-23;;;2*1-2/h2*1-21H;;;;/q2*-1;;;;. The quantitative estimate of drug-likeness (QED) is 0.0531. The van der Waals surface area contributed by atoms with Gasteiger partial charge in [-0.2, -0.15) is 0 Å². The zero-order chi connectivity index (χ0) is 68.1. The van der Waals surface area contributed by atoms with Crippen molar-refractivity contribution in [2.45, 2.75) is 0 Å². The van der Waals surface area contributed by atoms with Gasteiger partial charge in [0.25, 0.3) is 0 Å². The van der Waals surface area contributed by atoms with E-state index in [4.69, 9.17) is 60.9 Å². The second-order valence-electron chi connectivity index (χ2n) is 21.8. The molecule has 0 N–H and O–H groups in total. The van der Waals surface area contributed by atoms with Crippen molar-refractivity contribution in [1.29, 1.82) is 0 Å². The van der Waals surface area contributed by atoms with Crippen LogP contribution in [0.3, 0.4) is 0 Å². The summed E-state index contributed by atoms with van der Waals surface area (Å²) in [6.07, 6.45) is 0. The van der Waals surface area contributed by atoms with Gasteiger partial charge in [-0.05, 0) is 155 Å². The second kappa shape index (κ2) is 29.3. The third-order valence-electron chi connectivity index (χ3n) is 16.2. The summed E-state index contributed by atoms with van der Waals surface area (Å²) in [5.41, 5.74) is 20.1. The molecule has 26 heteroatoms. The minimum absolute atomic E-state index is 0. The fourth-order valence-corrected chi connectivity index (χ4v) is 12.1. The minimum atomic E-state index is -0.502. The molecule has 0 aliphatic carbocycles. The van der Waals surface area contributed by atoms with Crippen LogP contribution in [0.15, 0.2) is 255 Å². The number of nitroso groups, excluding NO2 is 2. The molecule has 14 aromatic rings. The number of benzene rings is 6. The molecule has 0 amide bonds. The van der Waals surface area contributed by atoms with E-state index in [-0.39, 0.29) is 102 Å². The zero-order valence-electron chi connectivity index (χ0n) is 51.3. The van der Waals surface area contributed by atoms with E-state index < -0.39 is 19.7 Å². The maximum Gasteiger partial charge on any atom is 0.307 e. The first-order valence-corrected chi connectivity index (χ1v) is 29.7. The summed E-state index contributed by atoms with van der Waals surface area (Å²) in [5, 5.41) is 50.1. The predicted molar refractivity (Wildman–Crippen MR) is 356 cm³/mol. The van der Waals surface area contributed by atoms with Crippen LogP contribution in [-0.4, -0.2) is 19.7 Å². The first kappa shape index (κ1) is 68.0. The molecule has 486 valence electrons. The molecule has 0 saturated carbocycles. The number of rotatable bonds is 10. The maximum atomic E-state index is 12.5. The molecule has 2 radical (unpaired) electrons. The fourth-order valence-electron chi connectivity index (χ4n) is 12.1. The topological polar surface area (TPSA) is 364 Å². The molecule has 100 heavy (non-hydrogen) atoms. The van der Waals surface area contributed by atoms with Crippen LogP contribution in [0.2, 0.25) is 0 Å². The SMILES string of the molecule is O=[N+]([O-])c1cc2[n-]c1[C+](c1ccccc1)c1ccc([n-]1)[C+](c1ccccc1)c1ccc([n-]1)[C+](c1ccccc1)c1[n-]c-2cc1[N+](=O)[O-].O=[N+]([O-])c1cc2[n-]c1[C+](c1ccccc1)c1ccc([n-]1)[C+](c1ccccc1)c1ccc([n-]1)[C+](c1ccccc1)c1[n-]c-2cc1[N+](=O)[O-].[Fe].[Fe].[N]=O.[N]=O. The molecule has 0 atom stereocenters. The van der Waals surface area contributed by atoms with Gasteiger partial charge in [0.2, 0.25) is 0 Å². The van der Waals surface area contributed by atoms with Crippen molar-refractivity contribution in [3.05, 3.63) is 442 Å². The van der Waals surface area contributed by atoms with Gasteiger partial charge >= 0.3 is 22.7 Å².